The molecular formula is C12H10BrFN4. The lowest BCUT2D eigenvalue weighted by Gasteiger charge is -1.99. The average molecular weight is 309 g/mol. The number of nitrogens with zero attached hydrogens (tertiary/aromatic N) is 4. The van der Waals surface area contributed by atoms with Gasteiger partial charge in [0.1, 0.15) is 15.9 Å². The molecule has 0 saturated carbocycles. The fourth-order valence-corrected chi connectivity index (χ4v) is 2.56. The summed E-state index contributed by atoms with van der Waals surface area (Å²) in [5.74, 6) is 0.379. The monoisotopic (exact) mass is 308 g/mol. The number of rotatable bonds is 1. The van der Waals surface area contributed by atoms with Gasteiger partial charge in [-0.15, -0.1) is 0 Å². The van der Waals surface area contributed by atoms with Crippen molar-refractivity contribution < 1.29 is 4.39 Å². The normalized spacial score (nSPS) is 11.3. The fourth-order valence-electron chi connectivity index (χ4n) is 2.03. The molecular weight excluding hydrogens is 299 g/mol. The summed E-state index contributed by atoms with van der Waals surface area (Å²) in [7, 11) is 3.70. The van der Waals surface area contributed by atoms with Crippen LogP contribution in [0.1, 0.15) is 0 Å². The maximum Gasteiger partial charge on any atom is 0.151 e. The highest BCUT2D eigenvalue weighted by Crippen LogP contribution is 2.29. The molecule has 92 valence electrons. The first-order valence-electron chi connectivity index (χ1n) is 5.38. The Morgan fingerprint density at radius 2 is 2.06 bits per heavy atom. The maximum atomic E-state index is 13.7. The molecule has 6 heteroatoms. The lowest BCUT2D eigenvalue weighted by atomic mass is 10.3. The van der Waals surface area contributed by atoms with E-state index in [1.807, 2.05) is 30.9 Å². The molecule has 0 spiro atoms. The van der Waals surface area contributed by atoms with E-state index in [4.69, 9.17) is 0 Å². The first-order valence-corrected chi connectivity index (χ1v) is 6.17. The molecule has 2 heterocycles. The summed E-state index contributed by atoms with van der Waals surface area (Å²) >= 11 is 3.38. The quantitative estimate of drug-likeness (QED) is 0.693. The second-order valence-electron chi connectivity index (χ2n) is 4.11. The van der Waals surface area contributed by atoms with Gasteiger partial charge < -0.3 is 4.57 Å². The van der Waals surface area contributed by atoms with Gasteiger partial charge in [-0.1, -0.05) is 6.07 Å². The highest BCUT2D eigenvalue weighted by atomic mass is 79.9. The molecule has 0 N–H and O–H groups in total. The molecule has 2 aromatic heterocycles. The van der Waals surface area contributed by atoms with E-state index in [9.17, 15) is 4.39 Å². The van der Waals surface area contributed by atoms with E-state index >= 15 is 0 Å². The number of benzene rings is 1. The first-order chi connectivity index (χ1) is 8.58. The zero-order chi connectivity index (χ0) is 12.9. The van der Waals surface area contributed by atoms with Gasteiger partial charge >= 0.3 is 0 Å². The molecule has 0 aliphatic rings. The summed E-state index contributed by atoms with van der Waals surface area (Å²) in [5.41, 5.74) is 1.99. The summed E-state index contributed by atoms with van der Waals surface area (Å²) in [5, 5.41) is 4.21. The van der Waals surface area contributed by atoms with Crippen molar-refractivity contribution in [2.45, 2.75) is 0 Å². The average Bonchev–Trinajstić information content (AvgIpc) is 2.81. The highest BCUT2D eigenvalue weighted by Gasteiger charge is 2.16. The summed E-state index contributed by atoms with van der Waals surface area (Å²) in [6, 6.07) is 4.94. The molecule has 0 amide bonds. The van der Waals surface area contributed by atoms with Gasteiger partial charge in [0, 0.05) is 20.3 Å². The van der Waals surface area contributed by atoms with Crippen molar-refractivity contribution in [2.75, 3.05) is 0 Å². The van der Waals surface area contributed by atoms with E-state index in [1.54, 1.807) is 10.7 Å². The summed E-state index contributed by atoms with van der Waals surface area (Å²) in [4.78, 5) is 4.36. The van der Waals surface area contributed by atoms with E-state index in [-0.39, 0.29) is 5.82 Å². The van der Waals surface area contributed by atoms with Crippen LogP contribution in [0.25, 0.3) is 22.4 Å². The Labute approximate surface area is 111 Å². The van der Waals surface area contributed by atoms with Crippen LogP contribution in [0.15, 0.2) is 29.0 Å². The number of hydrogen-bond acceptors (Lipinski definition) is 2. The van der Waals surface area contributed by atoms with Crippen molar-refractivity contribution in [3.05, 3.63) is 34.8 Å². The Hall–Kier alpha value is -1.69. The standard InChI is InChI=1S/C12H10BrFN4/c1-17-6-7(11(13)16-17)12-15-10-8(14)4-3-5-9(10)18(12)2/h3-6H,1-2H3. The van der Waals surface area contributed by atoms with Crippen LogP contribution >= 0.6 is 15.9 Å². The summed E-state index contributed by atoms with van der Waals surface area (Å²) in [6.45, 7) is 0. The SMILES string of the molecule is Cn1cc(-c2nc3c(F)cccc3n2C)c(Br)n1. The van der Waals surface area contributed by atoms with Crippen LogP contribution < -0.4 is 0 Å². The Kier molecular flexibility index (Phi) is 2.48. The van der Waals surface area contributed by atoms with Gasteiger partial charge in [-0.2, -0.15) is 5.10 Å². The van der Waals surface area contributed by atoms with Crippen LogP contribution in [0.4, 0.5) is 4.39 Å². The molecule has 0 aliphatic heterocycles. The molecule has 1 aromatic carbocycles. The molecule has 0 aliphatic carbocycles. The zero-order valence-electron chi connectivity index (χ0n) is 9.85. The van der Waals surface area contributed by atoms with Crippen molar-refractivity contribution in [1.29, 1.82) is 0 Å². The van der Waals surface area contributed by atoms with Gasteiger partial charge in [-0.05, 0) is 28.1 Å². The third-order valence-electron chi connectivity index (χ3n) is 2.89. The Morgan fingerprint density at radius 1 is 1.28 bits per heavy atom. The number of aromatic nitrogens is 4. The number of halogens is 2. The predicted molar refractivity (Wildman–Crippen MR) is 70.6 cm³/mol. The zero-order valence-corrected chi connectivity index (χ0v) is 11.4. The number of imidazole rings is 1. The molecule has 3 aromatic rings. The third-order valence-corrected chi connectivity index (χ3v) is 3.47. The van der Waals surface area contributed by atoms with E-state index in [0.29, 0.717) is 15.9 Å². The number of aryl methyl sites for hydroxylation is 2. The van der Waals surface area contributed by atoms with Crippen LogP contribution in [-0.2, 0) is 14.1 Å². The van der Waals surface area contributed by atoms with Gasteiger partial charge in [-0.25, -0.2) is 9.37 Å². The molecule has 18 heavy (non-hydrogen) atoms. The van der Waals surface area contributed by atoms with Crippen LogP contribution in [0, 0.1) is 5.82 Å². The number of fused-ring (bicyclic) bond motifs is 1. The maximum absolute atomic E-state index is 13.7. The van der Waals surface area contributed by atoms with Crippen molar-refractivity contribution in [3.8, 4) is 11.4 Å². The lowest BCUT2D eigenvalue weighted by molar-refractivity contribution is 0.637. The van der Waals surface area contributed by atoms with E-state index in [0.717, 1.165) is 11.1 Å². The summed E-state index contributed by atoms with van der Waals surface area (Å²) < 4.78 is 17.9. The van der Waals surface area contributed by atoms with Crippen LogP contribution in [0.2, 0.25) is 0 Å². The van der Waals surface area contributed by atoms with Gasteiger partial charge in [0.25, 0.3) is 0 Å². The number of para-hydroxylation sites is 1. The third kappa shape index (κ3) is 1.56. The summed E-state index contributed by atoms with van der Waals surface area (Å²) in [6.07, 6.45) is 1.85. The Balaban J connectivity index is 2.34. The van der Waals surface area contributed by atoms with E-state index < -0.39 is 0 Å². The molecule has 0 unspecified atom stereocenters. The smallest absolute Gasteiger partial charge is 0.151 e. The molecule has 0 atom stereocenters. The fraction of sp³-hybridized carbons (Fsp3) is 0.167. The second-order valence-corrected chi connectivity index (χ2v) is 4.86. The highest BCUT2D eigenvalue weighted by molar-refractivity contribution is 9.10. The molecule has 3 rings (SSSR count). The molecule has 0 bridgehead atoms. The van der Waals surface area contributed by atoms with Gasteiger partial charge in [0.05, 0.1) is 11.1 Å². The van der Waals surface area contributed by atoms with Gasteiger partial charge in [-0.3, -0.25) is 4.68 Å². The molecule has 0 saturated heterocycles. The number of hydrogen-bond donors (Lipinski definition) is 0. The van der Waals surface area contributed by atoms with Crippen molar-refractivity contribution in [2.24, 2.45) is 14.1 Å². The van der Waals surface area contributed by atoms with Crippen LogP contribution in [0.5, 0.6) is 0 Å². The van der Waals surface area contributed by atoms with Crippen molar-refractivity contribution >= 4 is 27.0 Å². The van der Waals surface area contributed by atoms with Crippen molar-refractivity contribution in [1.82, 2.24) is 19.3 Å². The lowest BCUT2D eigenvalue weighted by Crippen LogP contribution is -1.91. The minimum atomic E-state index is -0.311. The van der Waals surface area contributed by atoms with E-state index in [1.165, 1.54) is 6.07 Å². The van der Waals surface area contributed by atoms with Gasteiger partial charge in [0.2, 0.25) is 0 Å². The van der Waals surface area contributed by atoms with E-state index in [2.05, 4.69) is 26.0 Å². The van der Waals surface area contributed by atoms with Crippen molar-refractivity contribution in [3.63, 3.8) is 0 Å². The van der Waals surface area contributed by atoms with Gasteiger partial charge in [0.15, 0.2) is 5.82 Å². The Morgan fingerprint density at radius 3 is 2.67 bits per heavy atom. The Bertz CT molecular complexity index is 744. The predicted octanol–water partition coefficient (Wildman–Crippen LogP) is 2.88. The molecule has 0 fully saturated rings. The van der Waals surface area contributed by atoms with Crippen LogP contribution in [0.3, 0.4) is 0 Å². The molecule has 0 radical (unpaired) electrons. The topological polar surface area (TPSA) is 35.6 Å². The van der Waals surface area contributed by atoms with Crippen LogP contribution in [-0.4, -0.2) is 19.3 Å². The largest absolute Gasteiger partial charge is 0.327 e. The first kappa shape index (κ1) is 11.4. The minimum absolute atomic E-state index is 0.311. The molecule has 4 nitrogen and oxygen atoms in total. The minimum Gasteiger partial charge on any atom is -0.327 e. The second kappa shape index (κ2) is 3.91.